The highest BCUT2D eigenvalue weighted by Crippen LogP contribution is 2.18. The summed E-state index contributed by atoms with van der Waals surface area (Å²) >= 11 is 0. The lowest BCUT2D eigenvalue weighted by Gasteiger charge is -2.28. The first-order valence-corrected chi connectivity index (χ1v) is 10.1. The molecule has 2 N–H and O–H groups in total. The lowest BCUT2D eigenvalue weighted by atomic mass is 9.99. The third-order valence-corrected chi connectivity index (χ3v) is 4.55. The van der Waals surface area contributed by atoms with Gasteiger partial charge in [0, 0.05) is 25.7 Å². The van der Waals surface area contributed by atoms with Gasteiger partial charge in [-0.05, 0) is 19.3 Å². The number of ether oxygens (including phenoxy) is 4. The van der Waals surface area contributed by atoms with E-state index in [0.29, 0.717) is 52.2 Å². The largest absolute Gasteiger partial charge is 0.396 e. The van der Waals surface area contributed by atoms with Crippen molar-refractivity contribution in [3.8, 4) is 0 Å². The summed E-state index contributed by atoms with van der Waals surface area (Å²) in [5, 5.41) is 22.8. The first-order valence-electron chi connectivity index (χ1n) is 10.1. The average Bonchev–Trinajstić information content (AvgIpc) is 3.15. The number of aliphatic hydroxyl groups is 1. The molecule has 2 aliphatic heterocycles. The molecular weight excluding hydrogens is 352 g/mol. The van der Waals surface area contributed by atoms with E-state index in [1.54, 1.807) is 0 Å². The van der Waals surface area contributed by atoms with Gasteiger partial charge in [0.1, 0.15) is 6.04 Å². The van der Waals surface area contributed by atoms with E-state index in [9.17, 15) is 0 Å². The zero-order valence-corrected chi connectivity index (χ0v) is 16.6. The van der Waals surface area contributed by atoms with Crippen LogP contribution in [0.15, 0.2) is 10.3 Å². The van der Waals surface area contributed by atoms with E-state index in [1.807, 2.05) is 5.01 Å². The highest BCUT2D eigenvalue weighted by molar-refractivity contribution is 4.74. The minimum atomic E-state index is 0.0796. The molecule has 0 aliphatic carbocycles. The molecule has 3 atom stereocenters. The van der Waals surface area contributed by atoms with Crippen LogP contribution in [0, 0.1) is 5.92 Å². The second-order valence-corrected chi connectivity index (χ2v) is 7.04. The topological polar surface area (TPSA) is 97.1 Å². The standard InChI is InChI=1S/C18H36N4O5/c1-2-5-24-6-7-25-8-9-26-14-17-11-22(21-20-17)15-19-10-18-4-3-16(12-23)13-27-18/h16-19,23H,2-15H2,1H3. The Hall–Kier alpha value is -0.840. The fourth-order valence-corrected chi connectivity index (χ4v) is 2.97. The molecule has 0 radical (unpaired) electrons. The smallest absolute Gasteiger partial charge is 0.115 e. The minimum Gasteiger partial charge on any atom is -0.396 e. The van der Waals surface area contributed by atoms with E-state index >= 15 is 0 Å². The van der Waals surface area contributed by atoms with Crippen LogP contribution in [-0.2, 0) is 18.9 Å². The molecule has 0 aromatic heterocycles. The highest BCUT2D eigenvalue weighted by atomic mass is 16.5. The van der Waals surface area contributed by atoms with Crippen LogP contribution in [0.1, 0.15) is 26.2 Å². The minimum absolute atomic E-state index is 0.0796. The van der Waals surface area contributed by atoms with Crippen molar-refractivity contribution >= 4 is 0 Å². The Morgan fingerprint density at radius 3 is 2.59 bits per heavy atom. The Labute approximate surface area is 162 Å². The van der Waals surface area contributed by atoms with Crippen LogP contribution in [0.4, 0.5) is 0 Å². The Kier molecular flexibility index (Phi) is 11.8. The van der Waals surface area contributed by atoms with Crippen molar-refractivity contribution in [1.29, 1.82) is 0 Å². The molecule has 0 saturated carbocycles. The van der Waals surface area contributed by atoms with E-state index < -0.39 is 0 Å². The SMILES string of the molecule is CCCOCCOCCOCC1CN(CNCC2CCC(CO)CO2)N=N1. The molecule has 2 rings (SSSR count). The molecule has 3 unspecified atom stereocenters. The van der Waals surface area contributed by atoms with E-state index in [-0.39, 0.29) is 18.8 Å². The lowest BCUT2D eigenvalue weighted by molar-refractivity contribution is -0.0297. The van der Waals surface area contributed by atoms with Crippen molar-refractivity contribution in [1.82, 2.24) is 10.3 Å². The molecule has 0 spiro atoms. The fourth-order valence-electron chi connectivity index (χ4n) is 2.97. The molecule has 0 aromatic rings. The lowest BCUT2D eigenvalue weighted by Crippen LogP contribution is -2.40. The number of nitrogens with zero attached hydrogens (tertiary/aromatic N) is 3. The molecule has 2 aliphatic rings. The maximum Gasteiger partial charge on any atom is 0.115 e. The Balaban J connectivity index is 1.39. The summed E-state index contributed by atoms with van der Waals surface area (Å²) in [5.41, 5.74) is 0. The summed E-state index contributed by atoms with van der Waals surface area (Å²) in [6, 6.07) is 0.0796. The molecule has 1 saturated heterocycles. The van der Waals surface area contributed by atoms with Gasteiger partial charge in [-0.15, -0.1) is 0 Å². The van der Waals surface area contributed by atoms with Crippen molar-refractivity contribution in [3.63, 3.8) is 0 Å². The van der Waals surface area contributed by atoms with Gasteiger partial charge < -0.3 is 24.1 Å². The van der Waals surface area contributed by atoms with E-state index in [4.69, 9.17) is 24.1 Å². The summed E-state index contributed by atoms with van der Waals surface area (Å²) in [6.45, 7) is 8.90. The molecule has 0 bridgehead atoms. The average molecular weight is 389 g/mol. The maximum atomic E-state index is 9.12. The predicted octanol–water partition coefficient (Wildman–Crippen LogP) is 0.832. The first-order chi connectivity index (χ1) is 13.3. The Morgan fingerprint density at radius 1 is 1.11 bits per heavy atom. The Bertz CT molecular complexity index is 394. The quantitative estimate of drug-likeness (QED) is 0.401. The summed E-state index contributed by atoms with van der Waals surface area (Å²) in [6.07, 6.45) is 3.27. The van der Waals surface area contributed by atoms with E-state index in [1.165, 1.54) is 0 Å². The van der Waals surface area contributed by atoms with Gasteiger partial charge in [-0.1, -0.05) is 12.1 Å². The van der Waals surface area contributed by atoms with Gasteiger partial charge in [0.25, 0.3) is 0 Å². The van der Waals surface area contributed by atoms with Gasteiger partial charge in [-0.25, -0.2) is 0 Å². The normalized spacial score (nSPS) is 25.4. The molecule has 158 valence electrons. The van der Waals surface area contributed by atoms with Crippen LogP contribution in [-0.4, -0.2) is 94.9 Å². The number of rotatable bonds is 15. The van der Waals surface area contributed by atoms with Gasteiger partial charge in [-0.3, -0.25) is 10.3 Å². The molecule has 2 heterocycles. The second kappa shape index (κ2) is 14.2. The molecule has 9 heteroatoms. The third kappa shape index (κ3) is 9.77. The number of aliphatic hydroxyl groups excluding tert-OH is 1. The second-order valence-electron chi connectivity index (χ2n) is 7.04. The van der Waals surface area contributed by atoms with E-state index in [0.717, 1.165) is 39.0 Å². The van der Waals surface area contributed by atoms with Gasteiger partial charge in [0.15, 0.2) is 0 Å². The number of hydrogen-bond acceptors (Lipinski definition) is 9. The van der Waals surface area contributed by atoms with Crippen molar-refractivity contribution in [2.45, 2.75) is 38.3 Å². The fraction of sp³-hybridized carbons (Fsp3) is 1.00. The summed E-state index contributed by atoms with van der Waals surface area (Å²) < 4.78 is 22.1. The van der Waals surface area contributed by atoms with Crippen molar-refractivity contribution in [2.75, 3.05) is 72.6 Å². The molecule has 0 aromatic carbocycles. The van der Waals surface area contributed by atoms with Gasteiger partial charge in [-0.2, -0.15) is 5.11 Å². The van der Waals surface area contributed by atoms with Crippen LogP contribution < -0.4 is 5.32 Å². The number of nitrogens with one attached hydrogen (secondary N) is 1. The first kappa shape index (κ1) is 22.4. The van der Waals surface area contributed by atoms with Crippen molar-refractivity contribution in [2.24, 2.45) is 16.3 Å². The monoisotopic (exact) mass is 388 g/mol. The molecule has 1 fully saturated rings. The maximum absolute atomic E-state index is 9.12. The third-order valence-electron chi connectivity index (χ3n) is 4.55. The van der Waals surface area contributed by atoms with Gasteiger partial charge in [0.2, 0.25) is 0 Å². The van der Waals surface area contributed by atoms with Crippen LogP contribution >= 0.6 is 0 Å². The molecular formula is C18H36N4O5. The number of hydrogen-bond donors (Lipinski definition) is 2. The molecule has 9 nitrogen and oxygen atoms in total. The summed E-state index contributed by atoms with van der Waals surface area (Å²) in [5.74, 6) is 0.300. The van der Waals surface area contributed by atoms with Crippen molar-refractivity contribution < 1.29 is 24.1 Å². The van der Waals surface area contributed by atoms with Crippen LogP contribution in [0.2, 0.25) is 0 Å². The van der Waals surface area contributed by atoms with Gasteiger partial charge in [0.05, 0.1) is 59.0 Å². The van der Waals surface area contributed by atoms with Gasteiger partial charge >= 0.3 is 0 Å². The molecule has 27 heavy (non-hydrogen) atoms. The van der Waals surface area contributed by atoms with Crippen LogP contribution in [0.3, 0.4) is 0 Å². The van der Waals surface area contributed by atoms with Crippen molar-refractivity contribution in [3.05, 3.63) is 0 Å². The zero-order valence-electron chi connectivity index (χ0n) is 16.6. The predicted molar refractivity (Wildman–Crippen MR) is 101 cm³/mol. The zero-order chi connectivity index (χ0) is 19.2. The van der Waals surface area contributed by atoms with Crippen LogP contribution in [0.5, 0.6) is 0 Å². The summed E-state index contributed by atoms with van der Waals surface area (Å²) in [7, 11) is 0. The van der Waals surface area contributed by atoms with E-state index in [2.05, 4.69) is 22.6 Å². The summed E-state index contributed by atoms with van der Waals surface area (Å²) in [4.78, 5) is 0. The van der Waals surface area contributed by atoms with Crippen LogP contribution in [0.25, 0.3) is 0 Å². The highest BCUT2D eigenvalue weighted by Gasteiger charge is 2.22. The Morgan fingerprint density at radius 2 is 1.89 bits per heavy atom. The molecule has 0 amide bonds.